The number of hydrogen-bond donors (Lipinski definition) is 3. The third kappa shape index (κ3) is 5.57. The summed E-state index contributed by atoms with van der Waals surface area (Å²) in [6.45, 7) is 3.54. The van der Waals surface area contributed by atoms with Crippen molar-refractivity contribution in [2.24, 2.45) is 4.99 Å². The molecule has 1 atom stereocenters. The zero-order valence-corrected chi connectivity index (χ0v) is 16.8. The fraction of sp³-hybridized carbons (Fsp3) is 0.318. The standard InChI is InChI=1S/C22H27N5O2/c1-16-7-6-8-17(13-16)21(29)24-11-12-25-22(23-2)26-18-14-20(28)27(15-18)19-9-4-3-5-10-19/h3-10,13,18H,11-12,14-15H2,1-2H3,(H,24,29)(H2,23,25,26). The Morgan fingerprint density at radius 1 is 1.10 bits per heavy atom. The van der Waals surface area contributed by atoms with Crippen molar-refractivity contribution in [2.75, 3.05) is 31.6 Å². The molecule has 0 aromatic heterocycles. The zero-order chi connectivity index (χ0) is 20.6. The predicted molar refractivity (Wildman–Crippen MR) is 115 cm³/mol. The van der Waals surface area contributed by atoms with Crippen molar-refractivity contribution < 1.29 is 9.59 Å². The lowest BCUT2D eigenvalue weighted by Crippen LogP contribution is -2.46. The summed E-state index contributed by atoms with van der Waals surface area (Å²) in [5.41, 5.74) is 2.61. The summed E-state index contributed by atoms with van der Waals surface area (Å²) in [5.74, 6) is 0.607. The Morgan fingerprint density at radius 3 is 2.59 bits per heavy atom. The second-order valence-electron chi connectivity index (χ2n) is 7.01. The number of anilines is 1. The highest BCUT2D eigenvalue weighted by atomic mass is 16.2. The topological polar surface area (TPSA) is 85.8 Å². The maximum absolute atomic E-state index is 12.3. The number of nitrogens with one attached hydrogen (secondary N) is 3. The number of carbonyl (C=O) groups is 2. The molecule has 152 valence electrons. The van der Waals surface area contributed by atoms with Crippen LogP contribution >= 0.6 is 0 Å². The first-order chi connectivity index (χ1) is 14.1. The van der Waals surface area contributed by atoms with E-state index in [4.69, 9.17) is 0 Å². The third-order valence-corrected chi connectivity index (χ3v) is 4.74. The fourth-order valence-electron chi connectivity index (χ4n) is 3.30. The van der Waals surface area contributed by atoms with Gasteiger partial charge < -0.3 is 20.9 Å². The first-order valence-electron chi connectivity index (χ1n) is 9.74. The maximum Gasteiger partial charge on any atom is 0.251 e. The highest BCUT2D eigenvalue weighted by Gasteiger charge is 2.30. The smallest absolute Gasteiger partial charge is 0.251 e. The number of nitrogens with zero attached hydrogens (tertiary/aromatic N) is 2. The summed E-state index contributed by atoms with van der Waals surface area (Å²) in [6.07, 6.45) is 0.416. The minimum Gasteiger partial charge on any atom is -0.355 e. The van der Waals surface area contributed by atoms with Crippen LogP contribution in [0.4, 0.5) is 5.69 Å². The molecule has 2 amide bonds. The van der Waals surface area contributed by atoms with Gasteiger partial charge in [0, 0.05) is 44.4 Å². The number of aryl methyl sites for hydroxylation is 1. The van der Waals surface area contributed by atoms with Crippen LogP contribution in [0.1, 0.15) is 22.3 Å². The number of guanidine groups is 1. The molecule has 29 heavy (non-hydrogen) atoms. The molecule has 3 rings (SSSR count). The molecule has 2 aromatic carbocycles. The van der Waals surface area contributed by atoms with Gasteiger partial charge >= 0.3 is 0 Å². The Balaban J connectivity index is 1.43. The van der Waals surface area contributed by atoms with E-state index in [0.29, 0.717) is 37.6 Å². The van der Waals surface area contributed by atoms with Crippen molar-refractivity contribution in [2.45, 2.75) is 19.4 Å². The van der Waals surface area contributed by atoms with E-state index in [-0.39, 0.29) is 17.9 Å². The zero-order valence-electron chi connectivity index (χ0n) is 16.8. The Bertz CT molecular complexity index is 882. The molecule has 7 nitrogen and oxygen atoms in total. The van der Waals surface area contributed by atoms with Crippen LogP contribution < -0.4 is 20.9 Å². The van der Waals surface area contributed by atoms with Crippen molar-refractivity contribution in [1.82, 2.24) is 16.0 Å². The van der Waals surface area contributed by atoms with Gasteiger partial charge in [-0.1, -0.05) is 35.9 Å². The number of carbonyl (C=O) groups excluding carboxylic acids is 2. The maximum atomic E-state index is 12.3. The molecule has 0 saturated carbocycles. The Labute approximate surface area is 171 Å². The van der Waals surface area contributed by atoms with Crippen LogP contribution in [0, 0.1) is 6.92 Å². The Kier molecular flexibility index (Phi) is 6.84. The molecule has 0 radical (unpaired) electrons. The fourth-order valence-corrected chi connectivity index (χ4v) is 3.30. The lowest BCUT2D eigenvalue weighted by atomic mass is 10.1. The number of para-hydroxylation sites is 1. The van der Waals surface area contributed by atoms with Crippen molar-refractivity contribution in [3.63, 3.8) is 0 Å². The Hall–Kier alpha value is -3.35. The lowest BCUT2D eigenvalue weighted by molar-refractivity contribution is -0.117. The average Bonchev–Trinajstić information content (AvgIpc) is 3.10. The number of hydrogen-bond acceptors (Lipinski definition) is 3. The molecule has 0 spiro atoms. The second kappa shape index (κ2) is 9.73. The highest BCUT2D eigenvalue weighted by Crippen LogP contribution is 2.20. The van der Waals surface area contributed by atoms with Crippen molar-refractivity contribution >= 4 is 23.5 Å². The van der Waals surface area contributed by atoms with Crippen LogP contribution in [0.5, 0.6) is 0 Å². The van der Waals surface area contributed by atoms with E-state index in [1.165, 1.54) is 0 Å². The molecule has 7 heteroatoms. The number of aliphatic imine (C=N–C) groups is 1. The van der Waals surface area contributed by atoms with Crippen LogP contribution in [0.3, 0.4) is 0 Å². The van der Waals surface area contributed by atoms with E-state index in [1.54, 1.807) is 18.0 Å². The monoisotopic (exact) mass is 393 g/mol. The van der Waals surface area contributed by atoms with Gasteiger partial charge in [-0.15, -0.1) is 0 Å². The molecule has 0 bridgehead atoms. The molecule has 1 saturated heterocycles. The first-order valence-corrected chi connectivity index (χ1v) is 9.74. The second-order valence-corrected chi connectivity index (χ2v) is 7.01. The van der Waals surface area contributed by atoms with E-state index in [2.05, 4.69) is 20.9 Å². The van der Waals surface area contributed by atoms with Gasteiger partial charge in [0.2, 0.25) is 5.91 Å². The van der Waals surface area contributed by atoms with Gasteiger partial charge in [0.25, 0.3) is 5.91 Å². The summed E-state index contributed by atoms with van der Waals surface area (Å²) in [5, 5.41) is 9.35. The summed E-state index contributed by atoms with van der Waals surface area (Å²) >= 11 is 0. The average molecular weight is 393 g/mol. The molecular formula is C22H27N5O2. The first kappa shape index (κ1) is 20.4. The molecule has 0 aliphatic carbocycles. The van der Waals surface area contributed by atoms with Crippen LogP contribution in [0.15, 0.2) is 59.6 Å². The number of amides is 2. The van der Waals surface area contributed by atoms with Crippen molar-refractivity contribution in [3.05, 3.63) is 65.7 Å². The normalized spacial score (nSPS) is 16.6. The third-order valence-electron chi connectivity index (χ3n) is 4.74. The molecule has 3 N–H and O–H groups in total. The summed E-state index contributed by atoms with van der Waals surface area (Å²) in [6, 6.07) is 17.1. The van der Waals surface area contributed by atoms with Crippen LogP contribution in [-0.2, 0) is 4.79 Å². The van der Waals surface area contributed by atoms with E-state index in [9.17, 15) is 9.59 Å². The van der Waals surface area contributed by atoms with Crippen molar-refractivity contribution in [1.29, 1.82) is 0 Å². The van der Waals surface area contributed by atoms with Crippen LogP contribution in [0.25, 0.3) is 0 Å². The molecule has 2 aromatic rings. The molecule has 1 aliphatic heterocycles. The van der Waals surface area contributed by atoms with Crippen LogP contribution in [-0.4, -0.2) is 50.5 Å². The summed E-state index contributed by atoms with van der Waals surface area (Å²) in [4.78, 5) is 30.5. The van der Waals surface area contributed by atoms with Gasteiger partial charge in [0.15, 0.2) is 5.96 Å². The van der Waals surface area contributed by atoms with E-state index in [1.807, 2.05) is 55.5 Å². The molecule has 1 heterocycles. The number of rotatable bonds is 6. The predicted octanol–water partition coefficient (Wildman–Crippen LogP) is 1.70. The van der Waals surface area contributed by atoms with Gasteiger partial charge in [0.05, 0.1) is 6.04 Å². The van der Waals surface area contributed by atoms with E-state index >= 15 is 0 Å². The van der Waals surface area contributed by atoms with Gasteiger partial charge in [-0.05, 0) is 31.2 Å². The van der Waals surface area contributed by atoms with E-state index < -0.39 is 0 Å². The molecule has 1 unspecified atom stereocenters. The molecular weight excluding hydrogens is 366 g/mol. The summed E-state index contributed by atoms with van der Waals surface area (Å²) in [7, 11) is 1.69. The molecule has 1 aliphatic rings. The van der Waals surface area contributed by atoms with Crippen LogP contribution in [0.2, 0.25) is 0 Å². The van der Waals surface area contributed by atoms with E-state index in [0.717, 1.165) is 11.3 Å². The van der Waals surface area contributed by atoms with Gasteiger partial charge in [-0.25, -0.2) is 0 Å². The van der Waals surface area contributed by atoms with Crippen molar-refractivity contribution in [3.8, 4) is 0 Å². The SMILES string of the molecule is CN=C(NCCNC(=O)c1cccc(C)c1)NC1CC(=O)N(c2ccccc2)C1. The van der Waals surface area contributed by atoms with Gasteiger partial charge in [-0.3, -0.25) is 14.6 Å². The quantitative estimate of drug-likeness (QED) is 0.396. The van der Waals surface area contributed by atoms with Gasteiger partial charge in [-0.2, -0.15) is 0 Å². The minimum absolute atomic E-state index is 0.0178. The largest absolute Gasteiger partial charge is 0.355 e. The number of benzene rings is 2. The highest BCUT2D eigenvalue weighted by molar-refractivity contribution is 5.97. The Morgan fingerprint density at radius 2 is 1.86 bits per heavy atom. The minimum atomic E-state index is -0.0988. The lowest BCUT2D eigenvalue weighted by Gasteiger charge is -2.19. The summed E-state index contributed by atoms with van der Waals surface area (Å²) < 4.78 is 0. The molecule has 1 fully saturated rings. The van der Waals surface area contributed by atoms with Gasteiger partial charge in [0.1, 0.15) is 0 Å².